The summed E-state index contributed by atoms with van der Waals surface area (Å²) in [6.45, 7) is 10.8. The normalized spacial score (nSPS) is 37.9. The number of piperidine rings is 1. The van der Waals surface area contributed by atoms with Gasteiger partial charge in [0.2, 0.25) is 0 Å². The molecule has 17 heavy (non-hydrogen) atoms. The van der Waals surface area contributed by atoms with Gasteiger partial charge in [0.25, 0.3) is 0 Å². The highest BCUT2D eigenvalue weighted by Gasteiger charge is 2.28. The predicted molar refractivity (Wildman–Crippen MR) is 73.1 cm³/mol. The molecule has 0 aromatic heterocycles. The Bertz CT molecular complexity index is 232. The average Bonchev–Trinajstić information content (AvgIpc) is 2.58. The van der Waals surface area contributed by atoms with Crippen molar-refractivity contribution < 1.29 is 0 Å². The van der Waals surface area contributed by atoms with E-state index in [-0.39, 0.29) is 0 Å². The first-order valence-corrected chi connectivity index (χ1v) is 7.42. The number of rotatable bonds is 2. The molecular weight excluding hydrogens is 210 g/mol. The first-order chi connectivity index (χ1) is 8.20. The second-order valence-corrected chi connectivity index (χ2v) is 5.94. The molecule has 0 radical (unpaired) electrons. The molecule has 2 saturated heterocycles. The Morgan fingerprint density at radius 2 is 1.94 bits per heavy atom. The van der Waals surface area contributed by atoms with Crippen LogP contribution in [0.1, 0.15) is 39.5 Å². The SMILES string of the molecule is CCN1CCCC(N2CCC(N)C(C)C2)CC1. The highest BCUT2D eigenvalue weighted by molar-refractivity contribution is 4.85. The molecule has 2 fully saturated rings. The predicted octanol–water partition coefficient (Wildman–Crippen LogP) is 1.53. The van der Waals surface area contributed by atoms with E-state index >= 15 is 0 Å². The molecule has 100 valence electrons. The van der Waals surface area contributed by atoms with E-state index in [1.165, 1.54) is 58.4 Å². The first-order valence-electron chi connectivity index (χ1n) is 7.42. The molecule has 0 amide bonds. The monoisotopic (exact) mass is 239 g/mol. The Morgan fingerprint density at radius 1 is 1.12 bits per heavy atom. The molecular formula is C14H29N3. The van der Waals surface area contributed by atoms with E-state index in [1.807, 2.05) is 0 Å². The summed E-state index contributed by atoms with van der Waals surface area (Å²) in [6.07, 6.45) is 5.30. The second kappa shape index (κ2) is 6.17. The zero-order valence-electron chi connectivity index (χ0n) is 11.6. The van der Waals surface area contributed by atoms with Crippen molar-refractivity contribution in [3.8, 4) is 0 Å². The van der Waals surface area contributed by atoms with Gasteiger partial charge in [-0.2, -0.15) is 0 Å². The van der Waals surface area contributed by atoms with Gasteiger partial charge < -0.3 is 10.6 Å². The van der Waals surface area contributed by atoms with Crippen LogP contribution in [0.15, 0.2) is 0 Å². The minimum atomic E-state index is 0.434. The van der Waals surface area contributed by atoms with Crippen LogP contribution in [0.5, 0.6) is 0 Å². The maximum atomic E-state index is 6.11. The Hall–Kier alpha value is -0.120. The van der Waals surface area contributed by atoms with Gasteiger partial charge in [-0.05, 0) is 57.8 Å². The lowest BCUT2D eigenvalue weighted by Crippen LogP contribution is -2.49. The van der Waals surface area contributed by atoms with Gasteiger partial charge >= 0.3 is 0 Å². The molecule has 2 heterocycles. The van der Waals surface area contributed by atoms with Crippen molar-refractivity contribution in [2.24, 2.45) is 11.7 Å². The molecule has 2 aliphatic rings. The lowest BCUT2D eigenvalue weighted by Gasteiger charge is -2.39. The third-order valence-corrected chi connectivity index (χ3v) is 4.76. The van der Waals surface area contributed by atoms with Crippen LogP contribution in [0, 0.1) is 5.92 Å². The highest BCUT2D eigenvalue weighted by Crippen LogP contribution is 2.23. The smallest absolute Gasteiger partial charge is 0.0108 e. The largest absolute Gasteiger partial charge is 0.327 e. The Kier molecular flexibility index (Phi) is 4.83. The summed E-state index contributed by atoms with van der Waals surface area (Å²) in [5.74, 6) is 0.675. The number of likely N-dealkylation sites (tertiary alicyclic amines) is 2. The number of nitrogens with two attached hydrogens (primary N) is 1. The lowest BCUT2D eigenvalue weighted by atomic mass is 9.92. The maximum Gasteiger partial charge on any atom is 0.0108 e. The van der Waals surface area contributed by atoms with E-state index in [0.717, 1.165) is 6.04 Å². The molecule has 2 rings (SSSR count). The summed E-state index contributed by atoms with van der Waals surface area (Å²) in [5.41, 5.74) is 6.11. The fourth-order valence-electron chi connectivity index (χ4n) is 3.35. The Labute approximate surface area is 106 Å². The molecule has 2 aliphatic heterocycles. The first kappa shape index (κ1) is 13.3. The fourth-order valence-corrected chi connectivity index (χ4v) is 3.35. The maximum absolute atomic E-state index is 6.11. The molecule has 0 spiro atoms. The summed E-state index contributed by atoms with van der Waals surface area (Å²) < 4.78 is 0. The van der Waals surface area contributed by atoms with Crippen LogP contribution in [-0.2, 0) is 0 Å². The molecule has 3 heteroatoms. The third kappa shape index (κ3) is 3.43. The Balaban J connectivity index is 1.85. The highest BCUT2D eigenvalue weighted by atomic mass is 15.2. The van der Waals surface area contributed by atoms with E-state index in [0.29, 0.717) is 12.0 Å². The van der Waals surface area contributed by atoms with Gasteiger partial charge in [0, 0.05) is 18.6 Å². The van der Waals surface area contributed by atoms with Crippen molar-refractivity contribution in [2.75, 3.05) is 32.7 Å². The van der Waals surface area contributed by atoms with Gasteiger partial charge in [-0.15, -0.1) is 0 Å². The van der Waals surface area contributed by atoms with Crippen molar-refractivity contribution in [3.05, 3.63) is 0 Å². The molecule has 0 saturated carbocycles. The summed E-state index contributed by atoms with van der Waals surface area (Å²) in [4.78, 5) is 5.31. The van der Waals surface area contributed by atoms with E-state index in [4.69, 9.17) is 5.73 Å². The van der Waals surface area contributed by atoms with Gasteiger partial charge in [-0.3, -0.25) is 4.90 Å². The summed E-state index contributed by atoms with van der Waals surface area (Å²) in [7, 11) is 0. The average molecular weight is 239 g/mol. The quantitative estimate of drug-likeness (QED) is 0.793. The third-order valence-electron chi connectivity index (χ3n) is 4.76. The number of hydrogen-bond donors (Lipinski definition) is 1. The topological polar surface area (TPSA) is 32.5 Å². The van der Waals surface area contributed by atoms with Crippen molar-refractivity contribution in [1.29, 1.82) is 0 Å². The van der Waals surface area contributed by atoms with Gasteiger partial charge in [-0.1, -0.05) is 13.8 Å². The van der Waals surface area contributed by atoms with E-state index in [2.05, 4.69) is 23.6 Å². The van der Waals surface area contributed by atoms with Crippen molar-refractivity contribution in [3.63, 3.8) is 0 Å². The lowest BCUT2D eigenvalue weighted by molar-refractivity contribution is 0.106. The molecule has 0 bridgehead atoms. The molecule has 3 atom stereocenters. The van der Waals surface area contributed by atoms with Crippen LogP contribution in [0.3, 0.4) is 0 Å². The van der Waals surface area contributed by atoms with Gasteiger partial charge in [0.1, 0.15) is 0 Å². The zero-order valence-corrected chi connectivity index (χ0v) is 11.6. The second-order valence-electron chi connectivity index (χ2n) is 5.94. The Morgan fingerprint density at radius 3 is 2.65 bits per heavy atom. The van der Waals surface area contributed by atoms with Crippen molar-refractivity contribution in [1.82, 2.24) is 9.80 Å². The zero-order chi connectivity index (χ0) is 12.3. The summed E-state index contributed by atoms with van der Waals surface area (Å²) >= 11 is 0. The van der Waals surface area contributed by atoms with Crippen molar-refractivity contribution in [2.45, 2.75) is 51.6 Å². The molecule has 0 aromatic rings. The number of nitrogens with zero attached hydrogens (tertiary/aromatic N) is 2. The van der Waals surface area contributed by atoms with Gasteiger partial charge in [0.15, 0.2) is 0 Å². The number of hydrogen-bond acceptors (Lipinski definition) is 3. The van der Waals surface area contributed by atoms with E-state index in [9.17, 15) is 0 Å². The summed E-state index contributed by atoms with van der Waals surface area (Å²) in [6, 6.07) is 1.26. The molecule has 3 unspecified atom stereocenters. The van der Waals surface area contributed by atoms with Gasteiger partial charge in [-0.25, -0.2) is 0 Å². The molecule has 3 nitrogen and oxygen atoms in total. The summed E-state index contributed by atoms with van der Waals surface area (Å²) in [5, 5.41) is 0. The fraction of sp³-hybridized carbons (Fsp3) is 1.00. The van der Waals surface area contributed by atoms with Gasteiger partial charge in [0.05, 0.1) is 0 Å². The van der Waals surface area contributed by atoms with Crippen molar-refractivity contribution >= 4 is 0 Å². The van der Waals surface area contributed by atoms with E-state index in [1.54, 1.807) is 0 Å². The molecule has 0 aliphatic carbocycles. The van der Waals surface area contributed by atoms with Crippen LogP contribution in [0.25, 0.3) is 0 Å². The van der Waals surface area contributed by atoms with Crippen LogP contribution >= 0.6 is 0 Å². The molecule has 0 aromatic carbocycles. The van der Waals surface area contributed by atoms with Crippen LogP contribution in [0.2, 0.25) is 0 Å². The minimum absolute atomic E-state index is 0.434. The molecule has 2 N–H and O–H groups in total. The van der Waals surface area contributed by atoms with Crippen LogP contribution < -0.4 is 5.73 Å². The van der Waals surface area contributed by atoms with Crippen LogP contribution in [0.4, 0.5) is 0 Å². The van der Waals surface area contributed by atoms with Crippen LogP contribution in [-0.4, -0.2) is 54.6 Å². The van der Waals surface area contributed by atoms with E-state index < -0.39 is 0 Å². The minimum Gasteiger partial charge on any atom is -0.327 e. The standard InChI is InChI=1S/C14H29N3/c1-3-16-8-4-5-13(6-9-16)17-10-7-14(15)12(2)11-17/h12-14H,3-11,15H2,1-2H3.